The summed E-state index contributed by atoms with van der Waals surface area (Å²) in [6, 6.07) is 3.27. The number of carbonyl (C=O) groups is 1. The van der Waals surface area contributed by atoms with E-state index in [4.69, 9.17) is 23.2 Å². The number of nitrogens with one attached hydrogen (secondary N) is 2. The van der Waals surface area contributed by atoms with E-state index in [1.54, 1.807) is 12.1 Å². The van der Waals surface area contributed by atoms with Crippen molar-refractivity contribution in [3.8, 4) is 0 Å². The normalized spacial score (nSPS) is 10.8. The van der Waals surface area contributed by atoms with Crippen molar-refractivity contribution < 1.29 is 4.79 Å². The predicted octanol–water partition coefficient (Wildman–Crippen LogP) is 2.97. The van der Waals surface area contributed by atoms with Crippen LogP contribution >= 0.6 is 34.5 Å². The molecule has 0 saturated carbocycles. The first-order valence-corrected chi connectivity index (χ1v) is 6.64. The van der Waals surface area contributed by atoms with Crippen LogP contribution in [-0.4, -0.2) is 25.8 Å². The number of imidazole rings is 1. The Morgan fingerprint density at radius 1 is 1.32 bits per heavy atom. The third-order valence-corrected chi connectivity index (χ3v) is 3.77. The molecule has 0 saturated heterocycles. The van der Waals surface area contributed by atoms with E-state index in [0.717, 1.165) is 0 Å². The van der Waals surface area contributed by atoms with Crippen molar-refractivity contribution in [3.63, 3.8) is 0 Å². The van der Waals surface area contributed by atoms with Crippen LogP contribution in [0.1, 0.15) is 9.67 Å². The Hall–Kier alpha value is -1.70. The molecule has 0 radical (unpaired) electrons. The van der Waals surface area contributed by atoms with Crippen molar-refractivity contribution in [3.05, 3.63) is 32.8 Å². The topological polar surface area (TPSA) is 83.6 Å². The van der Waals surface area contributed by atoms with Crippen LogP contribution in [0.4, 0.5) is 5.95 Å². The van der Waals surface area contributed by atoms with Gasteiger partial charge < -0.3 is 4.98 Å². The summed E-state index contributed by atoms with van der Waals surface area (Å²) in [6.07, 6.45) is 1.45. The molecule has 3 heterocycles. The highest BCUT2D eigenvalue weighted by Crippen LogP contribution is 2.23. The number of thiophene rings is 1. The van der Waals surface area contributed by atoms with Crippen molar-refractivity contribution in [2.45, 2.75) is 0 Å². The highest BCUT2D eigenvalue weighted by atomic mass is 35.5. The van der Waals surface area contributed by atoms with E-state index in [0.29, 0.717) is 20.4 Å². The lowest BCUT2D eigenvalue weighted by Crippen LogP contribution is -2.12. The summed E-state index contributed by atoms with van der Waals surface area (Å²) in [5.74, 6) is -0.248. The van der Waals surface area contributed by atoms with Gasteiger partial charge in [-0.1, -0.05) is 23.2 Å². The molecule has 0 aliphatic carbocycles. The quantitative estimate of drug-likeness (QED) is 0.712. The first kappa shape index (κ1) is 12.3. The molecule has 3 aromatic rings. The molecule has 6 nitrogen and oxygen atoms in total. The Morgan fingerprint density at radius 3 is 2.89 bits per heavy atom. The second-order valence-electron chi connectivity index (χ2n) is 3.50. The van der Waals surface area contributed by atoms with E-state index in [9.17, 15) is 4.79 Å². The predicted molar refractivity (Wildman–Crippen MR) is 74.0 cm³/mol. The molecule has 0 aliphatic rings. The van der Waals surface area contributed by atoms with Crippen molar-refractivity contribution in [2.24, 2.45) is 0 Å². The molecule has 0 unspecified atom stereocenters. The van der Waals surface area contributed by atoms with Crippen LogP contribution in [0.5, 0.6) is 0 Å². The van der Waals surface area contributed by atoms with E-state index >= 15 is 0 Å². The van der Waals surface area contributed by atoms with Crippen LogP contribution in [0.2, 0.25) is 9.49 Å². The molecule has 0 bridgehead atoms. The van der Waals surface area contributed by atoms with E-state index in [-0.39, 0.29) is 17.0 Å². The average Bonchev–Trinajstić information content (AvgIpc) is 2.97. The number of nitrogens with zero attached hydrogens (tertiary/aromatic N) is 3. The first-order valence-electron chi connectivity index (χ1n) is 5.07. The van der Waals surface area contributed by atoms with Crippen LogP contribution in [-0.2, 0) is 0 Å². The van der Waals surface area contributed by atoms with Crippen LogP contribution in [0.25, 0.3) is 11.2 Å². The van der Waals surface area contributed by atoms with Crippen molar-refractivity contribution >= 4 is 57.6 Å². The molecule has 0 aromatic carbocycles. The second kappa shape index (κ2) is 4.76. The molecule has 3 aromatic heterocycles. The van der Waals surface area contributed by atoms with Gasteiger partial charge in [0.25, 0.3) is 5.91 Å². The number of hydrogen-bond donors (Lipinski definition) is 2. The minimum atomic E-state index is -0.345. The highest BCUT2D eigenvalue weighted by molar-refractivity contribution is 7.18. The lowest BCUT2D eigenvalue weighted by molar-refractivity contribution is 0.102. The van der Waals surface area contributed by atoms with Gasteiger partial charge in [0.05, 0.1) is 15.5 Å². The fourth-order valence-corrected chi connectivity index (χ4v) is 2.61. The van der Waals surface area contributed by atoms with Gasteiger partial charge in [0.15, 0.2) is 10.8 Å². The van der Waals surface area contributed by atoms with Gasteiger partial charge in [0, 0.05) is 0 Å². The van der Waals surface area contributed by atoms with Gasteiger partial charge in [-0.2, -0.15) is 9.97 Å². The molecule has 0 fully saturated rings. The summed E-state index contributed by atoms with van der Waals surface area (Å²) in [5.41, 5.74) is 0.915. The molecule has 0 atom stereocenters. The molecule has 9 heteroatoms. The number of hydrogen-bond acceptors (Lipinski definition) is 5. The Balaban J connectivity index is 1.90. The molecule has 96 valence electrons. The summed E-state index contributed by atoms with van der Waals surface area (Å²) < 4.78 is 0.534. The lowest BCUT2D eigenvalue weighted by atomic mass is 10.4. The number of halogens is 2. The first-order chi connectivity index (χ1) is 9.13. The zero-order valence-electron chi connectivity index (χ0n) is 9.15. The fourth-order valence-electron chi connectivity index (χ4n) is 1.45. The van der Waals surface area contributed by atoms with Crippen molar-refractivity contribution in [1.29, 1.82) is 0 Å². The number of rotatable bonds is 2. The fraction of sp³-hybridized carbons (Fsp3) is 0. The molecule has 3 rings (SSSR count). The van der Waals surface area contributed by atoms with E-state index in [1.165, 1.54) is 17.7 Å². The molecule has 2 N–H and O–H groups in total. The Labute approximate surface area is 120 Å². The van der Waals surface area contributed by atoms with Gasteiger partial charge in [-0.15, -0.1) is 11.3 Å². The lowest BCUT2D eigenvalue weighted by Gasteiger charge is -2.02. The molecule has 0 spiro atoms. The Kier molecular flexibility index (Phi) is 3.09. The van der Waals surface area contributed by atoms with Gasteiger partial charge in [-0.05, 0) is 12.1 Å². The maximum Gasteiger partial charge on any atom is 0.268 e. The van der Waals surface area contributed by atoms with E-state index < -0.39 is 0 Å². The van der Waals surface area contributed by atoms with Crippen LogP contribution < -0.4 is 5.32 Å². The van der Waals surface area contributed by atoms with Gasteiger partial charge in [0.2, 0.25) is 5.95 Å². The highest BCUT2D eigenvalue weighted by Gasteiger charge is 2.13. The third kappa shape index (κ3) is 2.40. The minimum Gasteiger partial charge on any atom is -0.341 e. The van der Waals surface area contributed by atoms with E-state index in [1.807, 2.05) is 0 Å². The zero-order chi connectivity index (χ0) is 13.4. The zero-order valence-corrected chi connectivity index (χ0v) is 11.5. The number of fused-ring (bicyclic) bond motifs is 1. The van der Waals surface area contributed by atoms with Crippen molar-refractivity contribution in [2.75, 3.05) is 5.32 Å². The number of amides is 1. The number of aromatic nitrogens is 4. The van der Waals surface area contributed by atoms with Crippen LogP contribution in [0.3, 0.4) is 0 Å². The van der Waals surface area contributed by atoms with Gasteiger partial charge >= 0.3 is 0 Å². The number of anilines is 1. The molecule has 19 heavy (non-hydrogen) atoms. The standard InChI is InChI=1S/C10H5Cl2N5OS/c11-5-2-1-4(19-5)9(18)17-10-15-7(12)6-8(16-10)14-3-13-6/h1-3H,(H2,13,14,15,16,17,18). The SMILES string of the molecule is O=C(Nc1nc(Cl)c2[nH]cnc2n1)c1ccc(Cl)s1. The summed E-state index contributed by atoms with van der Waals surface area (Å²) in [5, 5.41) is 2.74. The van der Waals surface area contributed by atoms with Gasteiger partial charge in [0.1, 0.15) is 5.52 Å². The van der Waals surface area contributed by atoms with Crippen molar-refractivity contribution in [1.82, 2.24) is 19.9 Å². The summed E-state index contributed by atoms with van der Waals surface area (Å²) in [7, 11) is 0. The van der Waals surface area contributed by atoms with Gasteiger partial charge in [-0.25, -0.2) is 4.98 Å². The monoisotopic (exact) mass is 313 g/mol. The molecule has 0 aliphatic heterocycles. The number of carbonyl (C=O) groups excluding carboxylic acids is 1. The second-order valence-corrected chi connectivity index (χ2v) is 5.57. The number of aromatic amines is 1. The summed E-state index contributed by atoms with van der Waals surface area (Å²) in [4.78, 5) is 27.2. The number of H-pyrrole nitrogens is 1. The Morgan fingerprint density at radius 2 is 2.16 bits per heavy atom. The smallest absolute Gasteiger partial charge is 0.268 e. The molecular weight excluding hydrogens is 309 g/mol. The average molecular weight is 314 g/mol. The summed E-state index contributed by atoms with van der Waals surface area (Å²) >= 11 is 12.9. The maximum absolute atomic E-state index is 11.9. The minimum absolute atomic E-state index is 0.0964. The summed E-state index contributed by atoms with van der Waals surface area (Å²) in [6.45, 7) is 0. The van der Waals surface area contributed by atoms with Crippen LogP contribution in [0, 0.1) is 0 Å². The molecule has 1 amide bonds. The largest absolute Gasteiger partial charge is 0.341 e. The van der Waals surface area contributed by atoms with Crippen LogP contribution in [0.15, 0.2) is 18.5 Å². The third-order valence-electron chi connectivity index (χ3n) is 2.26. The molecular formula is C10H5Cl2N5OS. The Bertz CT molecular complexity index is 768. The van der Waals surface area contributed by atoms with Gasteiger partial charge in [-0.3, -0.25) is 10.1 Å². The maximum atomic E-state index is 11.9. The van der Waals surface area contributed by atoms with E-state index in [2.05, 4.69) is 25.3 Å².